The van der Waals surface area contributed by atoms with Gasteiger partial charge < -0.3 is 15.0 Å². The first kappa shape index (κ1) is 12.1. The Labute approximate surface area is 92.3 Å². The van der Waals surface area contributed by atoms with Crippen LogP contribution in [0.5, 0.6) is 0 Å². The van der Waals surface area contributed by atoms with Gasteiger partial charge in [-0.05, 0) is 6.92 Å². The molecule has 1 atom stereocenters. The smallest absolute Gasteiger partial charge is 0.323 e. The van der Waals surface area contributed by atoms with E-state index in [2.05, 4.69) is 9.89 Å². The number of thioether (sulfide) groups is 1. The van der Waals surface area contributed by atoms with Gasteiger partial charge in [0.15, 0.2) is 0 Å². The van der Waals surface area contributed by atoms with Crippen molar-refractivity contribution in [1.29, 1.82) is 0 Å². The van der Waals surface area contributed by atoms with E-state index in [-0.39, 0.29) is 0 Å². The highest BCUT2D eigenvalue weighted by Gasteiger charge is 2.13. The minimum absolute atomic E-state index is 0.392. The van der Waals surface area contributed by atoms with Crippen LogP contribution >= 0.6 is 11.8 Å². The summed E-state index contributed by atoms with van der Waals surface area (Å²) in [6.45, 7) is 1.86. The van der Waals surface area contributed by atoms with Crippen LogP contribution in [-0.2, 0) is 15.3 Å². The van der Waals surface area contributed by atoms with Crippen molar-refractivity contribution in [3.8, 4) is 0 Å². The van der Waals surface area contributed by atoms with Gasteiger partial charge >= 0.3 is 5.97 Å². The molecule has 0 amide bonds. The second-order valence-corrected chi connectivity index (χ2v) is 4.11. The lowest BCUT2D eigenvalue weighted by atomic mass is 10.4. The van der Waals surface area contributed by atoms with E-state index >= 15 is 0 Å². The zero-order valence-corrected chi connectivity index (χ0v) is 9.54. The molecule has 1 aromatic rings. The van der Waals surface area contributed by atoms with Crippen molar-refractivity contribution < 1.29 is 14.1 Å². The van der Waals surface area contributed by atoms with Gasteiger partial charge in [0.2, 0.25) is 0 Å². The number of aromatic nitrogens is 1. The molecule has 0 saturated carbocycles. The van der Waals surface area contributed by atoms with Crippen molar-refractivity contribution >= 4 is 17.7 Å². The summed E-state index contributed by atoms with van der Waals surface area (Å²) in [6, 6.07) is 1.28. The molecule has 1 unspecified atom stereocenters. The molecule has 84 valence electrons. The summed E-state index contributed by atoms with van der Waals surface area (Å²) in [5, 5.41) is 3.75. The van der Waals surface area contributed by atoms with Gasteiger partial charge in [-0.1, -0.05) is 5.16 Å². The average molecular weight is 230 g/mol. The van der Waals surface area contributed by atoms with Gasteiger partial charge in [0.25, 0.3) is 0 Å². The molecule has 0 fully saturated rings. The highest BCUT2D eigenvalue weighted by Crippen LogP contribution is 2.13. The molecule has 2 N–H and O–H groups in total. The quantitative estimate of drug-likeness (QED) is 0.751. The topological polar surface area (TPSA) is 78.4 Å². The Morgan fingerprint density at radius 3 is 3.07 bits per heavy atom. The molecular formula is C9H14N2O3S. The number of esters is 1. The SMILES string of the molecule is COC(=O)C(N)CSCc1cc(C)no1. The lowest BCUT2D eigenvalue weighted by molar-refractivity contribution is -0.141. The molecule has 0 radical (unpaired) electrons. The number of hydrogen-bond acceptors (Lipinski definition) is 6. The van der Waals surface area contributed by atoms with Gasteiger partial charge in [-0.15, -0.1) is 0 Å². The van der Waals surface area contributed by atoms with Crippen LogP contribution in [0.15, 0.2) is 10.6 Å². The third kappa shape index (κ3) is 3.93. The number of aryl methyl sites for hydroxylation is 1. The predicted molar refractivity (Wildman–Crippen MR) is 57.4 cm³/mol. The molecule has 6 heteroatoms. The number of carbonyl (C=O) groups excluding carboxylic acids is 1. The summed E-state index contributed by atoms with van der Waals surface area (Å²) in [7, 11) is 1.33. The van der Waals surface area contributed by atoms with Crippen LogP contribution in [0.1, 0.15) is 11.5 Å². The molecule has 0 aliphatic rings. The van der Waals surface area contributed by atoms with Crippen LogP contribution in [0.3, 0.4) is 0 Å². The molecule has 1 rings (SSSR count). The molecule has 5 nitrogen and oxygen atoms in total. The van der Waals surface area contributed by atoms with Crippen molar-refractivity contribution in [3.05, 3.63) is 17.5 Å². The molecule has 15 heavy (non-hydrogen) atoms. The lowest BCUT2D eigenvalue weighted by Crippen LogP contribution is -2.33. The minimum atomic E-state index is -0.580. The van der Waals surface area contributed by atoms with Gasteiger partial charge in [0.1, 0.15) is 11.8 Å². The maximum Gasteiger partial charge on any atom is 0.323 e. The number of hydrogen-bond donors (Lipinski definition) is 1. The Morgan fingerprint density at radius 2 is 2.53 bits per heavy atom. The molecule has 0 saturated heterocycles. The average Bonchev–Trinajstić information content (AvgIpc) is 2.63. The van der Waals surface area contributed by atoms with Gasteiger partial charge in [-0.2, -0.15) is 11.8 Å². The Hall–Kier alpha value is -1.01. The van der Waals surface area contributed by atoms with E-state index in [4.69, 9.17) is 10.3 Å². The van der Waals surface area contributed by atoms with Crippen molar-refractivity contribution in [2.24, 2.45) is 5.73 Å². The fraction of sp³-hybridized carbons (Fsp3) is 0.556. The number of rotatable bonds is 5. The van der Waals surface area contributed by atoms with E-state index in [0.29, 0.717) is 11.5 Å². The zero-order valence-electron chi connectivity index (χ0n) is 8.73. The second-order valence-electron chi connectivity index (χ2n) is 3.08. The molecule has 0 spiro atoms. The first-order valence-electron chi connectivity index (χ1n) is 4.47. The summed E-state index contributed by atoms with van der Waals surface area (Å²) in [4.78, 5) is 11.0. The van der Waals surface area contributed by atoms with Crippen LogP contribution in [-0.4, -0.2) is 30.0 Å². The van der Waals surface area contributed by atoms with E-state index in [1.807, 2.05) is 13.0 Å². The Morgan fingerprint density at radius 1 is 1.80 bits per heavy atom. The van der Waals surface area contributed by atoms with E-state index in [9.17, 15) is 4.79 Å². The minimum Gasteiger partial charge on any atom is -0.468 e. The van der Waals surface area contributed by atoms with Gasteiger partial charge in [-0.25, -0.2) is 0 Å². The van der Waals surface area contributed by atoms with Crippen LogP contribution in [0, 0.1) is 6.92 Å². The van der Waals surface area contributed by atoms with E-state index < -0.39 is 12.0 Å². The monoisotopic (exact) mass is 230 g/mol. The number of carbonyl (C=O) groups is 1. The third-order valence-corrected chi connectivity index (χ3v) is 2.81. The van der Waals surface area contributed by atoms with Crippen LogP contribution in [0.2, 0.25) is 0 Å². The lowest BCUT2D eigenvalue weighted by Gasteiger charge is -2.07. The maximum atomic E-state index is 11.0. The summed E-state index contributed by atoms with van der Waals surface area (Å²) in [6.07, 6.45) is 0. The molecule has 1 heterocycles. The number of nitrogens with zero attached hydrogens (tertiary/aromatic N) is 1. The summed E-state index contributed by atoms with van der Waals surface area (Å²) >= 11 is 1.51. The highest BCUT2D eigenvalue weighted by molar-refractivity contribution is 7.98. The molecular weight excluding hydrogens is 216 g/mol. The molecule has 0 aliphatic carbocycles. The zero-order chi connectivity index (χ0) is 11.3. The third-order valence-electron chi connectivity index (χ3n) is 1.72. The van der Waals surface area contributed by atoms with Gasteiger partial charge in [-0.3, -0.25) is 4.79 Å². The number of nitrogens with two attached hydrogens (primary N) is 1. The Bertz CT molecular complexity index is 327. The summed E-state index contributed by atoms with van der Waals surface area (Å²) < 4.78 is 9.51. The van der Waals surface area contributed by atoms with Crippen LogP contribution in [0.25, 0.3) is 0 Å². The maximum absolute atomic E-state index is 11.0. The first-order valence-corrected chi connectivity index (χ1v) is 5.62. The van der Waals surface area contributed by atoms with Crippen molar-refractivity contribution in [2.75, 3.05) is 12.9 Å². The fourth-order valence-electron chi connectivity index (χ4n) is 0.990. The van der Waals surface area contributed by atoms with Crippen molar-refractivity contribution in [3.63, 3.8) is 0 Å². The van der Waals surface area contributed by atoms with E-state index in [1.165, 1.54) is 18.9 Å². The Balaban J connectivity index is 2.24. The molecule has 0 aromatic carbocycles. The first-order chi connectivity index (χ1) is 7.13. The second kappa shape index (κ2) is 5.77. The Kier molecular flexibility index (Phi) is 4.64. The van der Waals surface area contributed by atoms with E-state index in [0.717, 1.165) is 11.5 Å². The van der Waals surface area contributed by atoms with Crippen molar-refractivity contribution in [2.45, 2.75) is 18.7 Å². The van der Waals surface area contributed by atoms with Gasteiger partial charge in [0.05, 0.1) is 18.6 Å². The predicted octanol–water partition coefficient (Wildman–Crippen LogP) is 0.717. The standard InChI is InChI=1S/C9H14N2O3S/c1-6-3-7(14-11-6)4-15-5-8(10)9(12)13-2/h3,8H,4-5,10H2,1-2H3. The van der Waals surface area contributed by atoms with Crippen molar-refractivity contribution in [1.82, 2.24) is 5.16 Å². The van der Waals surface area contributed by atoms with Crippen LogP contribution < -0.4 is 5.73 Å². The number of ether oxygens (including phenoxy) is 1. The number of methoxy groups -OCH3 is 1. The summed E-state index contributed by atoms with van der Waals surface area (Å²) in [5.74, 6) is 1.56. The van der Waals surface area contributed by atoms with Crippen LogP contribution in [0.4, 0.5) is 0 Å². The molecule has 0 aliphatic heterocycles. The fourth-order valence-corrected chi connectivity index (χ4v) is 1.84. The molecule has 1 aromatic heterocycles. The molecule has 0 bridgehead atoms. The van der Waals surface area contributed by atoms with E-state index in [1.54, 1.807) is 0 Å². The summed E-state index contributed by atoms with van der Waals surface area (Å²) in [5.41, 5.74) is 6.41. The van der Waals surface area contributed by atoms with Gasteiger partial charge in [0, 0.05) is 11.8 Å². The normalized spacial score (nSPS) is 12.5. The largest absolute Gasteiger partial charge is 0.468 e. The highest BCUT2D eigenvalue weighted by atomic mass is 32.2.